The highest BCUT2D eigenvalue weighted by atomic mass is 16.6. The molecule has 7 heteroatoms. The summed E-state index contributed by atoms with van der Waals surface area (Å²) in [5.41, 5.74) is -1.19. The van der Waals surface area contributed by atoms with Crippen LogP contribution < -0.4 is 0 Å². The number of rotatable bonds is 3. The van der Waals surface area contributed by atoms with Crippen molar-refractivity contribution in [2.75, 3.05) is 6.61 Å². The van der Waals surface area contributed by atoms with E-state index in [0.29, 0.717) is 16.9 Å². The van der Waals surface area contributed by atoms with Crippen molar-refractivity contribution in [3.63, 3.8) is 0 Å². The standard InChI is InChI=1S/C21H22O7/c1-4-5-14-7-12-8-17(24)21(3,26)19(15(12)10-27-14)28-20(25)18-11(2)6-13(22)9-16(18)23/h4-9,15,19,22-23,26H,10H2,1-3H3/b5-4+/t15-,19-,21-/m1/s1. The largest absolute Gasteiger partial charge is 0.508 e. The van der Waals surface area contributed by atoms with Gasteiger partial charge in [-0.1, -0.05) is 6.08 Å². The van der Waals surface area contributed by atoms with Crippen molar-refractivity contribution >= 4 is 11.8 Å². The SMILES string of the molecule is C/C=C/C1=CC2=CC(=O)[C@@](C)(O)[C@H](OC(=O)c3c(C)cc(O)cc3O)[C@@H]2CO1. The zero-order valence-corrected chi connectivity index (χ0v) is 15.8. The van der Waals surface area contributed by atoms with Crippen molar-refractivity contribution in [2.45, 2.75) is 32.5 Å². The van der Waals surface area contributed by atoms with Crippen LogP contribution in [-0.4, -0.2) is 45.4 Å². The first-order valence-corrected chi connectivity index (χ1v) is 8.84. The minimum absolute atomic E-state index is 0.115. The van der Waals surface area contributed by atoms with Gasteiger partial charge in [0, 0.05) is 6.07 Å². The zero-order chi connectivity index (χ0) is 20.6. The molecule has 1 aromatic carbocycles. The number of ether oxygens (including phenoxy) is 2. The summed E-state index contributed by atoms with van der Waals surface area (Å²) in [4.78, 5) is 25.2. The second-order valence-electron chi connectivity index (χ2n) is 7.10. The average Bonchev–Trinajstić information content (AvgIpc) is 2.58. The molecule has 0 saturated heterocycles. The fraction of sp³-hybridized carbons (Fsp3) is 0.333. The van der Waals surface area contributed by atoms with Gasteiger partial charge in [-0.15, -0.1) is 0 Å². The summed E-state index contributed by atoms with van der Waals surface area (Å²) in [5.74, 6) is -2.12. The molecule has 3 N–H and O–H groups in total. The van der Waals surface area contributed by atoms with Gasteiger partial charge in [-0.3, -0.25) is 4.79 Å². The van der Waals surface area contributed by atoms with Crippen LogP contribution in [0.15, 0.2) is 47.8 Å². The predicted molar refractivity (Wildman–Crippen MR) is 99.8 cm³/mol. The van der Waals surface area contributed by atoms with E-state index in [-0.39, 0.29) is 17.9 Å². The third-order valence-corrected chi connectivity index (χ3v) is 4.95. The van der Waals surface area contributed by atoms with Crippen LogP contribution in [0.5, 0.6) is 11.5 Å². The van der Waals surface area contributed by atoms with Crippen molar-refractivity contribution in [1.29, 1.82) is 0 Å². The summed E-state index contributed by atoms with van der Waals surface area (Å²) < 4.78 is 11.1. The van der Waals surface area contributed by atoms with Crippen LogP contribution in [0.2, 0.25) is 0 Å². The molecule has 0 bridgehead atoms. The molecule has 0 spiro atoms. The molecule has 3 atom stereocenters. The maximum absolute atomic E-state index is 12.7. The van der Waals surface area contributed by atoms with Crippen molar-refractivity contribution in [3.8, 4) is 11.5 Å². The number of allylic oxidation sites excluding steroid dienone is 3. The highest BCUT2D eigenvalue weighted by molar-refractivity contribution is 6.00. The van der Waals surface area contributed by atoms with Crippen LogP contribution in [0.25, 0.3) is 0 Å². The lowest BCUT2D eigenvalue weighted by Crippen LogP contribution is -2.56. The number of phenols is 2. The third-order valence-electron chi connectivity index (χ3n) is 4.95. The number of aromatic hydroxyl groups is 2. The summed E-state index contributed by atoms with van der Waals surface area (Å²) >= 11 is 0. The predicted octanol–water partition coefficient (Wildman–Crippen LogP) is 2.30. The normalized spacial score (nSPS) is 26.9. The zero-order valence-electron chi connectivity index (χ0n) is 15.8. The number of phenolic OH excluding ortho intramolecular Hbond substituents is 2. The monoisotopic (exact) mass is 386 g/mol. The highest BCUT2D eigenvalue weighted by Gasteiger charge is 2.51. The fourth-order valence-electron chi connectivity index (χ4n) is 3.48. The summed E-state index contributed by atoms with van der Waals surface area (Å²) in [5, 5.41) is 30.3. The number of hydrogen-bond acceptors (Lipinski definition) is 7. The fourth-order valence-corrected chi connectivity index (χ4v) is 3.48. The van der Waals surface area contributed by atoms with Gasteiger partial charge in [-0.25, -0.2) is 4.79 Å². The number of aliphatic hydroxyl groups is 1. The van der Waals surface area contributed by atoms with E-state index in [4.69, 9.17) is 9.47 Å². The number of carbonyl (C=O) groups is 2. The molecule has 7 nitrogen and oxygen atoms in total. The molecular formula is C21H22O7. The van der Waals surface area contributed by atoms with Gasteiger partial charge in [0.15, 0.2) is 11.4 Å². The van der Waals surface area contributed by atoms with E-state index in [0.717, 1.165) is 6.07 Å². The molecule has 28 heavy (non-hydrogen) atoms. The molecular weight excluding hydrogens is 364 g/mol. The first kappa shape index (κ1) is 19.7. The third kappa shape index (κ3) is 3.41. The second kappa shape index (κ2) is 7.16. The first-order valence-electron chi connectivity index (χ1n) is 8.84. The molecule has 0 radical (unpaired) electrons. The van der Waals surface area contributed by atoms with E-state index in [1.54, 1.807) is 18.2 Å². The van der Waals surface area contributed by atoms with Gasteiger partial charge in [0.1, 0.15) is 28.9 Å². The summed E-state index contributed by atoms with van der Waals surface area (Å²) in [7, 11) is 0. The summed E-state index contributed by atoms with van der Waals surface area (Å²) in [6.07, 6.45) is 5.34. The number of benzene rings is 1. The maximum atomic E-state index is 12.7. The van der Waals surface area contributed by atoms with E-state index < -0.39 is 35.1 Å². The van der Waals surface area contributed by atoms with E-state index in [9.17, 15) is 24.9 Å². The van der Waals surface area contributed by atoms with E-state index in [1.807, 2.05) is 6.92 Å². The number of hydrogen-bond donors (Lipinski definition) is 3. The van der Waals surface area contributed by atoms with Crippen molar-refractivity contribution in [3.05, 3.63) is 58.9 Å². The van der Waals surface area contributed by atoms with Crippen LogP contribution in [0.1, 0.15) is 29.8 Å². The van der Waals surface area contributed by atoms with Gasteiger partial charge < -0.3 is 24.8 Å². The Balaban J connectivity index is 1.96. The smallest absolute Gasteiger partial charge is 0.342 e. The Labute approximate surface area is 162 Å². The van der Waals surface area contributed by atoms with Gasteiger partial charge >= 0.3 is 5.97 Å². The van der Waals surface area contributed by atoms with Crippen LogP contribution >= 0.6 is 0 Å². The molecule has 0 fully saturated rings. The first-order chi connectivity index (χ1) is 13.1. The molecule has 1 heterocycles. The molecule has 148 valence electrons. The summed E-state index contributed by atoms with van der Waals surface area (Å²) in [6.45, 7) is 4.76. The van der Waals surface area contributed by atoms with Crippen LogP contribution in [0.4, 0.5) is 0 Å². The minimum Gasteiger partial charge on any atom is -0.508 e. The Bertz CT molecular complexity index is 898. The Morgan fingerprint density at radius 1 is 1.32 bits per heavy atom. The lowest BCUT2D eigenvalue weighted by Gasteiger charge is -2.41. The van der Waals surface area contributed by atoms with Gasteiger partial charge in [0.05, 0.1) is 12.5 Å². The van der Waals surface area contributed by atoms with E-state index in [1.165, 1.54) is 26.0 Å². The van der Waals surface area contributed by atoms with Crippen molar-refractivity contribution < 1.29 is 34.4 Å². The number of esters is 1. The lowest BCUT2D eigenvalue weighted by atomic mass is 9.75. The number of fused-ring (bicyclic) bond motifs is 1. The Kier molecular flexibility index (Phi) is 5.04. The molecule has 0 amide bonds. The van der Waals surface area contributed by atoms with Gasteiger partial charge in [-0.2, -0.15) is 0 Å². The van der Waals surface area contributed by atoms with Gasteiger partial charge in [0.25, 0.3) is 0 Å². The molecule has 1 aromatic rings. The molecule has 1 aliphatic carbocycles. The Morgan fingerprint density at radius 3 is 2.68 bits per heavy atom. The summed E-state index contributed by atoms with van der Waals surface area (Å²) in [6, 6.07) is 2.33. The second-order valence-corrected chi connectivity index (χ2v) is 7.10. The maximum Gasteiger partial charge on any atom is 0.342 e. The van der Waals surface area contributed by atoms with Crippen LogP contribution in [0, 0.1) is 12.8 Å². The van der Waals surface area contributed by atoms with E-state index in [2.05, 4.69) is 0 Å². The average molecular weight is 386 g/mol. The van der Waals surface area contributed by atoms with Crippen molar-refractivity contribution in [2.24, 2.45) is 5.92 Å². The molecule has 2 aliphatic rings. The number of carbonyl (C=O) groups excluding carboxylic acids is 2. The number of ketones is 1. The van der Waals surface area contributed by atoms with Crippen LogP contribution in [-0.2, 0) is 14.3 Å². The molecule has 1 aliphatic heterocycles. The van der Waals surface area contributed by atoms with Crippen molar-refractivity contribution in [1.82, 2.24) is 0 Å². The van der Waals surface area contributed by atoms with Gasteiger partial charge in [-0.05, 0) is 56.2 Å². The van der Waals surface area contributed by atoms with Gasteiger partial charge in [0.2, 0.25) is 0 Å². The Hall–Kier alpha value is -3.06. The molecule has 0 aromatic heterocycles. The highest BCUT2D eigenvalue weighted by Crippen LogP contribution is 2.38. The number of aryl methyl sites for hydroxylation is 1. The molecule has 0 unspecified atom stereocenters. The molecule has 3 rings (SSSR count). The molecule has 0 saturated carbocycles. The quantitative estimate of drug-likeness (QED) is 0.683. The Morgan fingerprint density at radius 2 is 2.04 bits per heavy atom. The van der Waals surface area contributed by atoms with Crippen LogP contribution in [0.3, 0.4) is 0 Å². The minimum atomic E-state index is -1.94. The topological polar surface area (TPSA) is 113 Å². The lowest BCUT2D eigenvalue weighted by molar-refractivity contribution is -0.151. The van der Waals surface area contributed by atoms with E-state index >= 15 is 0 Å².